The molecule has 1 rings (SSSR count). The molecule has 0 amide bonds. The van der Waals surface area contributed by atoms with Crippen LogP contribution in [-0.2, 0) is 11.3 Å². The Hall–Kier alpha value is -1.20. The Morgan fingerprint density at radius 1 is 1.47 bits per heavy atom. The highest BCUT2D eigenvalue weighted by molar-refractivity contribution is 5.22. The molecule has 0 spiro atoms. The van der Waals surface area contributed by atoms with Crippen LogP contribution in [0, 0.1) is 5.82 Å². The Balaban J connectivity index is 2.58. The predicted molar refractivity (Wildman–Crippen MR) is 61.3 cm³/mol. The fourth-order valence-corrected chi connectivity index (χ4v) is 1.18. The van der Waals surface area contributed by atoms with Crippen LogP contribution in [0.4, 0.5) is 4.39 Å². The smallest absolute Gasteiger partial charge is 0.250 e. The predicted octanol–water partition coefficient (Wildman–Crippen LogP) is 1.91. The first-order chi connectivity index (χ1) is 8.00. The Morgan fingerprint density at radius 2 is 2.18 bits per heavy atom. The minimum absolute atomic E-state index is 0.0801. The van der Waals surface area contributed by atoms with Crippen molar-refractivity contribution >= 4 is 0 Å². The number of hydrogen-bond donors (Lipinski definition) is 1. The molecule has 0 aliphatic carbocycles. The minimum Gasteiger partial charge on any atom is -0.475 e. The molecule has 0 saturated carbocycles. The standard InChI is InChI=1S/C12H18FNO3/c1-12(2,16-3)5-7-17-11-10(13)9(8-15)4-6-14-11/h4,6,15H,5,7-8H2,1-3H3. The van der Waals surface area contributed by atoms with Gasteiger partial charge < -0.3 is 14.6 Å². The summed E-state index contributed by atoms with van der Waals surface area (Å²) in [6.07, 6.45) is 2.03. The van der Waals surface area contributed by atoms with Gasteiger partial charge in [0.2, 0.25) is 0 Å². The molecule has 0 aromatic carbocycles. The van der Waals surface area contributed by atoms with E-state index in [9.17, 15) is 4.39 Å². The van der Waals surface area contributed by atoms with Gasteiger partial charge in [-0.15, -0.1) is 0 Å². The number of rotatable bonds is 6. The SMILES string of the molecule is COC(C)(C)CCOc1nccc(CO)c1F. The van der Waals surface area contributed by atoms with E-state index in [1.807, 2.05) is 13.8 Å². The first-order valence-electron chi connectivity index (χ1n) is 5.42. The number of halogens is 1. The average Bonchev–Trinajstić information content (AvgIpc) is 2.31. The summed E-state index contributed by atoms with van der Waals surface area (Å²) in [5.41, 5.74) is -0.133. The van der Waals surface area contributed by atoms with Gasteiger partial charge in [-0.1, -0.05) is 0 Å². The Morgan fingerprint density at radius 3 is 2.76 bits per heavy atom. The highest BCUT2D eigenvalue weighted by Gasteiger charge is 2.17. The molecule has 0 atom stereocenters. The second kappa shape index (κ2) is 5.93. The first kappa shape index (κ1) is 13.9. The molecule has 1 N–H and O–H groups in total. The third-order valence-electron chi connectivity index (χ3n) is 2.60. The molecular weight excluding hydrogens is 225 g/mol. The lowest BCUT2D eigenvalue weighted by Gasteiger charge is -2.22. The monoisotopic (exact) mass is 243 g/mol. The Bertz CT molecular complexity index is 369. The van der Waals surface area contributed by atoms with E-state index in [1.54, 1.807) is 7.11 Å². The summed E-state index contributed by atoms with van der Waals surface area (Å²) in [5, 5.41) is 8.89. The molecule has 0 saturated heterocycles. The highest BCUT2D eigenvalue weighted by Crippen LogP contribution is 2.19. The molecule has 0 fully saturated rings. The Kier molecular flexibility index (Phi) is 4.84. The maximum absolute atomic E-state index is 13.6. The van der Waals surface area contributed by atoms with Crippen molar-refractivity contribution < 1.29 is 19.0 Å². The van der Waals surface area contributed by atoms with Crippen molar-refractivity contribution in [1.82, 2.24) is 4.98 Å². The van der Waals surface area contributed by atoms with Crippen LogP contribution < -0.4 is 4.74 Å². The number of methoxy groups -OCH3 is 1. The van der Waals surface area contributed by atoms with E-state index in [1.165, 1.54) is 12.3 Å². The van der Waals surface area contributed by atoms with E-state index >= 15 is 0 Å². The average molecular weight is 243 g/mol. The fraction of sp³-hybridized carbons (Fsp3) is 0.583. The van der Waals surface area contributed by atoms with E-state index in [2.05, 4.69) is 4.98 Å². The molecule has 1 heterocycles. The summed E-state index contributed by atoms with van der Waals surface area (Å²) in [5.74, 6) is -0.686. The number of aliphatic hydroxyl groups excluding tert-OH is 1. The lowest BCUT2D eigenvalue weighted by molar-refractivity contribution is 0.00469. The molecule has 0 unspecified atom stereocenters. The van der Waals surface area contributed by atoms with Crippen LogP contribution in [0.1, 0.15) is 25.8 Å². The van der Waals surface area contributed by atoms with Gasteiger partial charge in [0.1, 0.15) is 0 Å². The zero-order chi connectivity index (χ0) is 12.9. The van der Waals surface area contributed by atoms with Crippen LogP contribution in [0.25, 0.3) is 0 Å². The number of nitrogens with zero attached hydrogens (tertiary/aromatic N) is 1. The number of hydrogen-bond acceptors (Lipinski definition) is 4. The van der Waals surface area contributed by atoms with Gasteiger partial charge in [0.25, 0.3) is 5.88 Å². The van der Waals surface area contributed by atoms with Gasteiger partial charge in [0, 0.05) is 25.3 Å². The van der Waals surface area contributed by atoms with Crippen LogP contribution in [0.15, 0.2) is 12.3 Å². The topological polar surface area (TPSA) is 51.6 Å². The molecular formula is C12H18FNO3. The second-order valence-electron chi connectivity index (χ2n) is 4.31. The van der Waals surface area contributed by atoms with Gasteiger partial charge in [-0.05, 0) is 19.9 Å². The summed E-state index contributed by atoms with van der Waals surface area (Å²) >= 11 is 0. The van der Waals surface area contributed by atoms with E-state index < -0.39 is 5.82 Å². The van der Waals surface area contributed by atoms with Crippen molar-refractivity contribution in [1.29, 1.82) is 0 Å². The van der Waals surface area contributed by atoms with Gasteiger partial charge in [-0.3, -0.25) is 0 Å². The van der Waals surface area contributed by atoms with Crippen molar-refractivity contribution in [2.45, 2.75) is 32.5 Å². The van der Waals surface area contributed by atoms with Crippen molar-refractivity contribution in [3.63, 3.8) is 0 Å². The van der Waals surface area contributed by atoms with Gasteiger partial charge in [-0.25, -0.2) is 9.37 Å². The molecule has 0 aliphatic rings. The molecule has 5 heteroatoms. The zero-order valence-corrected chi connectivity index (χ0v) is 10.4. The van der Waals surface area contributed by atoms with Crippen LogP contribution in [0.3, 0.4) is 0 Å². The first-order valence-corrected chi connectivity index (χ1v) is 5.42. The molecule has 17 heavy (non-hydrogen) atoms. The summed E-state index contributed by atoms with van der Waals surface area (Å²) in [7, 11) is 1.62. The minimum atomic E-state index is -0.606. The summed E-state index contributed by atoms with van der Waals surface area (Å²) in [4.78, 5) is 3.78. The van der Waals surface area contributed by atoms with Gasteiger partial charge in [0.15, 0.2) is 5.82 Å². The normalized spacial score (nSPS) is 11.6. The number of ether oxygens (including phenoxy) is 2. The second-order valence-corrected chi connectivity index (χ2v) is 4.31. The molecule has 1 aromatic rings. The molecule has 4 nitrogen and oxygen atoms in total. The molecule has 0 bridgehead atoms. The van der Waals surface area contributed by atoms with E-state index in [-0.39, 0.29) is 23.7 Å². The van der Waals surface area contributed by atoms with Gasteiger partial charge in [-0.2, -0.15) is 0 Å². The quantitative estimate of drug-likeness (QED) is 0.829. The number of aromatic nitrogens is 1. The van der Waals surface area contributed by atoms with E-state index in [0.29, 0.717) is 13.0 Å². The maximum atomic E-state index is 13.6. The van der Waals surface area contributed by atoms with Crippen molar-refractivity contribution in [2.75, 3.05) is 13.7 Å². The third kappa shape index (κ3) is 3.94. The number of aliphatic hydroxyl groups is 1. The fourth-order valence-electron chi connectivity index (χ4n) is 1.18. The van der Waals surface area contributed by atoms with Crippen LogP contribution in [0.5, 0.6) is 5.88 Å². The lowest BCUT2D eigenvalue weighted by atomic mass is 10.1. The zero-order valence-electron chi connectivity index (χ0n) is 10.4. The maximum Gasteiger partial charge on any atom is 0.250 e. The van der Waals surface area contributed by atoms with Crippen LogP contribution in [-0.4, -0.2) is 29.4 Å². The lowest BCUT2D eigenvalue weighted by Crippen LogP contribution is -2.25. The van der Waals surface area contributed by atoms with Crippen molar-refractivity contribution in [3.8, 4) is 5.88 Å². The summed E-state index contributed by atoms with van der Waals surface area (Å²) < 4.78 is 24.1. The molecule has 1 aromatic heterocycles. The third-order valence-corrected chi connectivity index (χ3v) is 2.60. The van der Waals surface area contributed by atoms with E-state index in [0.717, 1.165) is 0 Å². The van der Waals surface area contributed by atoms with Gasteiger partial charge >= 0.3 is 0 Å². The van der Waals surface area contributed by atoms with Gasteiger partial charge in [0.05, 0.1) is 18.8 Å². The number of pyridine rings is 1. The Labute approximate surface area is 100 Å². The van der Waals surface area contributed by atoms with Crippen molar-refractivity contribution in [3.05, 3.63) is 23.6 Å². The van der Waals surface area contributed by atoms with E-state index in [4.69, 9.17) is 14.6 Å². The molecule has 96 valence electrons. The van der Waals surface area contributed by atoms with Crippen molar-refractivity contribution in [2.24, 2.45) is 0 Å². The largest absolute Gasteiger partial charge is 0.475 e. The molecule has 0 aliphatic heterocycles. The van der Waals surface area contributed by atoms with Crippen LogP contribution >= 0.6 is 0 Å². The van der Waals surface area contributed by atoms with Crippen LogP contribution in [0.2, 0.25) is 0 Å². The summed E-state index contributed by atoms with van der Waals surface area (Å²) in [6, 6.07) is 1.42. The molecule has 0 radical (unpaired) electrons. The summed E-state index contributed by atoms with van der Waals surface area (Å²) in [6.45, 7) is 3.78. The highest BCUT2D eigenvalue weighted by atomic mass is 19.1.